The first-order valence-electron chi connectivity index (χ1n) is 5.70. The molecule has 0 spiro atoms. The molecule has 86 valence electrons. The maximum atomic E-state index is 11.8. The highest BCUT2D eigenvalue weighted by Gasteiger charge is 2.20. The third kappa shape index (κ3) is 3.07. The van der Waals surface area contributed by atoms with Crippen LogP contribution in [0.4, 0.5) is 4.79 Å². The van der Waals surface area contributed by atoms with Crippen LogP contribution in [-0.2, 0) is 4.74 Å². The number of nitrogens with zero attached hydrogens (tertiary/aromatic N) is 1. The fourth-order valence-electron chi connectivity index (χ4n) is 2.01. The van der Waals surface area contributed by atoms with Crippen molar-refractivity contribution in [2.45, 2.75) is 18.9 Å². The van der Waals surface area contributed by atoms with E-state index in [0.717, 1.165) is 25.9 Å². The van der Waals surface area contributed by atoms with E-state index in [-0.39, 0.29) is 6.03 Å². The molecule has 2 heterocycles. The molecule has 1 atom stereocenters. The van der Waals surface area contributed by atoms with Crippen molar-refractivity contribution < 1.29 is 9.53 Å². The molecule has 0 bridgehead atoms. The van der Waals surface area contributed by atoms with Crippen molar-refractivity contribution in [1.82, 2.24) is 15.5 Å². The van der Waals surface area contributed by atoms with Crippen molar-refractivity contribution in [3.05, 3.63) is 0 Å². The maximum Gasteiger partial charge on any atom is 0.317 e. The molecule has 5 nitrogen and oxygen atoms in total. The van der Waals surface area contributed by atoms with Gasteiger partial charge in [0.2, 0.25) is 0 Å². The summed E-state index contributed by atoms with van der Waals surface area (Å²) in [6.07, 6.45) is 2.23. The van der Waals surface area contributed by atoms with E-state index in [1.165, 1.54) is 0 Å². The van der Waals surface area contributed by atoms with Gasteiger partial charge in [-0.2, -0.15) is 0 Å². The summed E-state index contributed by atoms with van der Waals surface area (Å²) in [7, 11) is 0. The number of carbonyl (C=O) groups excluding carboxylic acids is 1. The zero-order valence-electron chi connectivity index (χ0n) is 9.00. The van der Waals surface area contributed by atoms with Crippen molar-refractivity contribution in [2.75, 3.05) is 39.4 Å². The van der Waals surface area contributed by atoms with Gasteiger partial charge in [0, 0.05) is 25.7 Å². The largest absolute Gasteiger partial charge is 0.378 e. The van der Waals surface area contributed by atoms with Gasteiger partial charge in [0.1, 0.15) is 0 Å². The predicted molar refractivity (Wildman–Crippen MR) is 56.8 cm³/mol. The van der Waals surface area contributed by atoms with Gasteiger partial charge in [0.05, 0.1) is 13.2 Å². The molecule has 0 aromatic heterocycles. The predicted octanol–water partition coefficient (Wildman–Crippen LogP) is -0.220. The van der Waals surface area contributed by atoms with Crippen molar-refractivity contribution >= 4 is 6.03 Å². The van der Waals surface area contributed by atoms with E-state index < -0.39 is 0 Å². The summed E-state index contributed by atoms with van der Waals surface area (Å²) in [6.45, 7) is 4.73. The van der Waals surface area contributed by atoms with E-state index in [1.54, 1.807) is 0 Å². The Balaban J connectivity index is 1.74. The summed E-state index contributed by atoms with van der Waals surface area (Å²) >= 11 is 0. The monoisotopic (exact) mass is 213 g/mol. The standard InChI is InChI=1S/C10H19N3O2/c14-10(13-4-6-15-7-5-13)12-9-2-1-3-11-8-9/h9,11H,1-8H2,(H,12,14)/t9-/m1/s1. The van der Waals surface area contributed by atoms with E-state index >= 15 is 0 Å². The fraction of sp³-hybridized carbons (Fsp3) is 0.900. The molecule has 2 saturated heterocycles. The summed E-state index contributed by atoms with van der Waals surface area (Å²) in [5.41, 5.74) is 0. The zero-order chi connectivity index (χ0) is 10.5. The average molecular weight is 213 g/mol. The summed E-state index contributed by atoms with van der Waals surface area (Å²) in [5.74, 6) is 0. The van der Waals surface area contributed by atoms with E-state index in [4.69, 9.17) is 4.74 Å². The van der Waals surface area contributed by atoms with Crippen LogP contribution in [0.25, 0.3) is 0 Å². The highest BCUT2D eigenvalue weighted by atomic mass is 16.5. The second kappa shape index (κ2) is 5.32. The summed E-state index contributed by atoms with van der Waals surface area (Å²) in [4.78, 5) is 13.6. The first-order valence-corrected chi connectivity index (χ1v) is 5.70. The Bertz CT molecular complexity index is 211. The molecule has 15 heavy (non-hydrogen) atoms. The normalized spacial score (nSPS) is 27.5. The van der Waals surface area contributed by atoms with E-state index in [2.05, 4.69) is 10.6 Å². The quantitative estimate of drug-likeness (QED) is 0.633. The fourth-order valence-corrected chi connectivity index (χ4v) is 2.01. The number of urea groups is 1. The Hall–Kier alpha value is -0.810. The molecule has 0 unspecified atom stereocenters. The van der Waals surface area contributed by atoms with Crippen molar-refractivity contribution in [1.29, 1.82) is 0 Å². The van der Waals surface area contributed by atoms with Crippen LogP contribution in [0.2, 0.25) is 0 Å². The first kappa shape index (κ1) is 10.7. The summed E-state index contributed by atoms with van der Waals surface area (Å²) < 4.78 is 5.21. The molecule has 0 saturated carbocycles. The molecule has 2 aliphatic heterocycles. The van der Waals surface area contributed by atoms with Crippen LogP contribution in [0.5, 0.6) is 0 Å². The van der Waals surface area contributed by atoms with Gasteiger partial charge in [-0.05, 0) is 19.4 Å². The van der Waals surface area contributed by atoms with Gasteiger partial charge in [0.15, 0.2) is 0 Å². The highest BCUT2D eigenvalue weighted by molar-refractivity contribution is 5.74. The van der Waals surface area contributed by atoms with Gasteiger partial charge < -0.3 is 20.3 Å². The number of ether oxygens (including phenoxy) is 1. The van der Waals surface area contributed by atoms with Crippen LogP contribution in [0.3, 0.4) is 0 Å². The van der Waals surface area contributed by atoms with Crippen molar-refractivity contribution in [2.24, 2.45) is 0 Å². The minimum Gasteiger partial charge on any atom is -0.378 e. The smallest absolute Gasteiger partial charge is 0.317 e. The Kier molecular flexibility index (Phi) is 3.80. The SMILES string of the molecule is O=C(N[C@@H]1CCCNC1)N1CCOCC1. The highest BCUT2D eigenvalue weighted by Crippen LogP contribution is 2.03. The summed E-state index contributed by atoms with van der Waals surface area (Å²) in [5, 5.41) is 6.34. The van der Waals surface area contributed by atoms with Crippen molar-refractivity contribution in [3.63, 3.8) is 0 Å². The summed E-state index contributed by atoms with van der Waals surface area (Å²) in [6, 6.07) is 0.362. The zero-order valence-corrected chi connectivity index (χ0v) is 9.00. The molecule has 0 radical (unpaired) electrons. The number of amides is 2. The number of rotatable bonds is 1. The van der Waals surface area contributed by atoms with Crippen LogP contribution < -0.4 is 10.6 Å². The van der Waals surface area contributed by atoms with Crippen LogP contribution in [-0.4, -0.2) is 56.4 Å². The Morgan fingerprint density at radius 3 is 2.87 bits per heavy atom. The molecular weight excluding hydrogens is 194 g/mol. The molecular formula is C10H19N3O2. The molecule has 2 rings (SSSR count). The Morgan fingerprint density at radius 2 is 2.20 bits per heavy atom. The van der Waals surface area contributed by atoms with E-state index in [1.807, 2.05) is 4.90 Å². The number of nitrogens with one attached hydrogen (secondary N) is 2. The van der Waals surface area contributed by atoms with Crippen LogP contribution in [0.15, 0.2) is 0 Å². The maximum absolute atomic E-state index is 11.8. The van der Waals surface area contributed by atoms with Gasteiger partial charge in [-0.1, -0.05) is 0 Å². The minimum absolute atomic E-state index is 0.0620. The van der Waals surface area contributed by atoms with Gasteiger partial charge in [-0.15, -0.1) is 0 Å². The number of piperidine rings is 1. The average Bonchev–Trinajstić information content (AvgIpc) is 2.31. The minimum atomic E-state index is 0.0620. The lowest BCUT2D eigenvalue weighted by Crippen LogP contribution is -2.52. The molecule has 2 amide bonds. The Labute approximate surface area is 90.1 Å². The van der Waals surface area contributed by atoms with Crippen molar-refractivity contribution in [3.8, 4) is 0 Å². The third-order valence-corrected chi connectivity index (χ3v) is 2.92. The van der Waals surface area contributed by atoms with Gasteiger partial charge in [-0.25, -0.2) is 4.79 Å². The second-order valence-electron chi connectivity index (χ2n) is 4.09. The number of hydrogen-bond acceptors (Lipinski definition) is 3. The lowest BCUT2D eigenvalue weighted by Gasteiger charge is -2.30. The van der Waals surface area contributed by atoms with Gasteiger partial charge >= 0.3 is 6.03 Å². The molecule has 0 aliphatic carbocycles. The molecule has 5 heteroatoms. The molecule has 0 aromatic rings. The number of carbonyl (C=O) groups is 1. The third-order valence-electron chi connectivity index (χ3n) is 2.92. The molecule has 0 aromatic carbocycles. The number of morpholine rings is 1. The molecule has 2 aliphatic rings. The lowest BCUT2D eigenvalue weighted by atomic mass is 10.1. The topological polar surface area (TPSA) is 53.6 Å². The second-order valence-corrected chi connectivity index (χ2v) is 4.09. The Morgan fingerprint density at radius 1 is 1.40 bits per heavy atom. The van der Waals surface area contributed by atoms with Gasteiger partial charge in [0.25, 0.3) is 0 Å². The van der Waals surface area contributed by atoms with E-state index in [9.17, 15) is 4.79 Å². The van der Waals surface area contributed by atoms with Crippen LogP contribution in [0, 0.1) is 0 Å². The van der Waals surface area contributed by atoms with Crippen LogP contribution in [0.1, 0.15) is 12.8 Å². The first-order chi connectivity index (χ1) is 7.36. The molecule has 2 fully saturated rings. The lowest BCUT2D eigenvalue weighted by molar-refractivity contribution is 0.0523. The van der Waals surface area contributed by atoms with E-state index in [0.29, 0.717) is 32.3 Å². The van der Waals surface area contributed by atoms with Gasteiger partial charge in [-0.3, -0.25) is 0 Å². The van der Waals surface area contributed by atoms with Crippen LogP contribution >= 0.6 is 0 Å². The molecule has 2 N–H and O–H groups in total. The number of hydrogen-bond donors (Lipinski definition) is 2.